The first-order chi connectivity index (χ1) is 11.1. The lowest BCUT2D eigenvalue weighted by atomic mass is 10.1. The summed E-state index contributed by atoms with van der Waals surface area (Å²) in [6.07, 6.45) is 5.42. The van der Waals surface area contributed by atoms with Crippen LogP contribution in [0.4, 0.5) is 5.69 Å². The molecule has 0 bridgehead atoms. The maximum Gasteiger partial charge on any atom is 0.0991 e. The number of rotatable bonds is 4. The topological polar surface area (TPSA) is 42.5 Å². The zero-order valence-electron chi connectivity index (χ0n) is 12.4. The van der Waals surface area contributed by atoms with Crippen LogP contribution in [0.15, 0.2) is 71.4 Å². The quantitative estimate of drug-likeness (QED) is 0.533. The Morgan fingerprint density at radius 2 is 1.83 bits per heavy atom. The van der Waals surface area contributed by atoms with Crippen LogP contribution in [0.2, 0.25) is 10.0 Å². The zero-order chi connectivity index (χ0) is 16.2. The van der Waals surface area contributed by atoms with E-state index in [-0.39, 0.29) is 6.04 Å². The van der Waals surface area contributed by atoms with E-state index in [1.165, 1.54) is 0 Å². The molecule has 1 aromatic heterocycles. The highest BCUT2D eigenvalue weighted by Gasteiger charge is 2.05. The van der Waals surface area contributed by atoms with Crippen LogP contribution in [0.3, 0.4) is 0 Å². The first-order valence-electron chi connectivity index (χ1n) is 7.07. The Kier molecular flexibility index (Phi) is 4.74. The van der Waals surface area contributed by atoms with E-state index in [4.69, 9.17) is 23.2 Å². The van der Waals surface area contributed by atoms with Crippen molar-refractivity contribution in [1.82, 2.24) is 9.55 Å². The van der Waals surface area contributed by atoms with Gasteiger partial charge in [0.25, 0.3) is 0 Å². The first-order valence-corrected chi connectivity index (χ1v) is 7.83. The van der Waals surface area contributed by atoms with Gasteiger partial charge in [0.1, 0.15) is 0 Å². The number of halogens is 2. The molecule has 0 aliphatic rings. The van der Waals surface area contributed by atoms with Crippen LogP contribution in [0.25, 0.3) is 5.69 Å². The number of azo groups is 1. The van der Waals surface area contributed by atoms with Crippen molar-refractivity contribution in [2.24, 2.45) is 10.2 Å². The predicted octanol–water partition coefficient (Wildman–Crippen LogP) is 6.02. The van der Waals surface area contributed by atoms with E-state index in [1.807, 2.05) is 42.0 Å². The Morgan fingerprint density at radius 1 is 1.04 bits per heavy atom. The first kappa shape index (κ1) is 15.7. The van der Waals surface area contributed by atoms with E-state index >= 15 is 0 Å². The third kappa shape index (κ3) is 3.78. The van der Waals surface area contributed by atoms with E-state index in [0.717, 1.165) is 11.3 Å². The highest BCUT2D eigenvalue weighted by molar-refractivity contribution is 6.42. The molecule has 0 radical (unpaired) electrons. The van der Waals surface area contributed by atoms with Gasteiger partial charge >= 0.3 is 0 Å². The number of hydrogen-bond donors (Lipinski definition) is 0. The lowest BCUT2D eigenvalue weighted by molar-refractivity contribution is 0.763. The lowest BCUT2D eigenvalue weighted by Gasteiger charge is -2.07. The summed E-state index contributed by atoms with van der Waals surface area (Å²) in [5, 5.41) is 9.54. The zero-order valence-corrected chi connectivity index (χ0v) is 13.9. The van der Waals surface area contributed by atoms with Crippen LogP contribution in [0, 0.1) is 0 Å². The van der Waals surface area contributed by atoms with E-state index < -0.39 is 0 Å². The van der Waals surface area contributed by atoms with E-state index in [1.54, 1.807) is 30.7 Å². The van der Waals surface area contributed by atoms with Crippen molar-refractivity contribution in [2.75, 3.05) is 0 Å². The van der Waals surface area contributed by atoms with Crippen molar-refractivity contribution in [3.8, 4) is 5.69 Å². The molecule has 3 aromatic rings. The monoisotopic (exact) mass is 344 g/mol. The van der Waals surface area contributed by atoms with Crippen molar-refractivity contribution >= 4 is 28.9 Å². The summed E-state index contributed by atoms with van der Waals surface area (Å²) in [4.78, 5) is 4.04. The molecule has 1 heterocycles. The van der Waals surface area contributed by atoms with Crippen molar-refractivity contribution < 1.29 is 0 Å². The molecule has 4 nitrogen and oxygen atoms in total. The molecule has 3 rings (SSSR count). The second-order valence-corrected chi connectivity index (χ2v) is 5.87. The summed E-state index contributed by atoms with van der Waals surface area (Å²) in [5.74, 6) is 0. The molecular weight excluding hydrogens is 331 g/mol. The van der Waals surface area contributed by atoms with Crippen LogP contribution in [0.5, 0.6) is 0 Å². The van der Waals surface area contributed by atoms with Crippen LogP contribution in [0.1, 0.15) is 18.5 Å². The molecule has 0 saturated carbocycles. The van der Waals surface area contributed by atoms with Crippen molar-refractivity contribution in [3.63, 3.8) is 0 Å². The van der Waals surface area contributed by atoms with E-state index in [0.29, 0.717) is 15.7 Å². The van der Waals surface area contributed by atoms with Gasteiger partial charge in [-0.2, -0.15) is 10.2 Å². The summed E-state index contributed by atoms with van der Waals surface area (Å²) >= 11 is 11.9. The van der Waals surface area contributed by atoms with Gasteiger partial charge in [0, 0.05) is 18.1 Å². The fraction of sp³-hybridized carbons (Fsp3) is 0.118. The fourth-order valence-electron chi connectivity index (χ4n) is 2.10. The molecule has 0 fully saturated rings. The molecular formula is C17H14Cl2N4. The smallest absolute Gasteiger partial charge is 0.0991 e. The van der Waals surface area contributed by atoms with Gasteiger partial charge in [-0.3, -0.25) is 0 Å². The van der Waals surface area contributed by atoms with Gasteiger partial charge in [0.05, 0.1) is 28.1 Å². The van der Waals surface area contributed by atoms with Crippen molar-refractivity contribution in [3.05, 3.63) is 76.8 Å². The van der Waals surface area contributed by atoms with Crippen LogP contribution >= 0.6 is 23.2 Å². The number of nitrogens with zero attached hydrogens (tertiary/aromatic N) is 4. The van der Waals surface area contributed by atoms with E-state index in [9.17, 15) is 0 Å². The number of aromatic nitrogens is 2. The molecule has 23 heavy (non-hydrogen) atoms. The third-order valence-corrected chi connectivity index (χ3v) is 4.17. The van der Waals surface area contributed by atoms with Crippen LogP contribution in [-0.4, -0.2) is 9.55 Å². The minimum absolute atomic E-state index is 0.0544. The standard InChI is InChI=1S/C17H14Cl2N4/c1-12(21-22-14-4-7-16(18)17(19)10-14)13-2-5-15(6-3-13)23-9-8-20-11-23/h2-12H,1H3. The Hall–Kier alpha value is -2.17. The maximum atomic E-state index is 5.97. The normalized spacial score (nSPS) is 12.7. The second kappa shape index (κ2) is 6.94. The summed E-state index contributed by atoms with van der Waals surface area (Å²) in [6, 6.07) is 13.3. The number of benzene rings is 2. The van der Waals surface area contributed by atoms with Gasteiger partial charge in [-0.1, -0.05) is 35.3 Å². The average molecular weight is 345 g/mol. The molecule has 0 saturated heterocycles. The molecule has 0 spiro atoms. The van der Waals surface area contributed by atoms with Crippen molar-refractivity contribution in [2.45, 2.75) is 13.0 Å². The molecule has 0 N–H and O–H groups in total. The minimum Gasteiger partial charge on any atom is -0.306 e. The second-order valence-electron chi connectivity index (χ2n) is 5.05. The molecule has 6 heteroatoms. The predicted molar refractivity (Wildman–Crippen MR) is 93.0 cm³/mol. The average Bonchev–Trinajstić information content (AvgIpc) is 3.10. The fourth-order valence-corrected chi connectivity index (χ4v) is 2.40. The highest BCUT2D eigenvalue weighted by Crippen LogP contribution is 2.28. The Balaban J connectivity index is 1.73. The van der Waals surface area contributed by atoms with Crippen molar-refractivity contribution in [1.29, 1.82) is 0 Å². The number of imidazole rings is 1. The summed E-state index contributed by atoms with van der Waals surface area (Å²) in [6.45, 7) is 1.99. The Morgan fingerprint density at radius 3 is 2.48 bits per heavy atom. The molecule has 2 aromatic carbocycles. The highest BCUT2D eigenvalue weighted by atomic mass is 35.5. The Bertz CT molecular complexity index is 811. The molecule has 0 aliphatic heterocycles. The molecule has 0 aliphatic carbocycles. The third-order valence-electron chi connectivity index (χ3n) is 3.43. The van der Waals surface area contributed by atoms with Gasteiger partial charge in [-0.15, -0.1) is 0 Å². The minimum atomic E-state index is -0.0544. The van der Waals surface area contributed by atoms with E-state index in [2.05, 4.69) is 15.2 Å². The summed E-state index contributed by atoms with van der Waals surface area (Å²) in [5.41, 5.74) is 2.82. The molecule has 0 amide bonds. The van der Waals surface area contributed by atoms with Crippen LogP contribution < -0.4 is 0 Å². The molecule has 1 unspecified atom stereocenters. The maximum absolute atomic E-state index is 5.97. The van der Waals surface area contributed by atoms with Gasteiger partial charge in [0.2, 0.25) is 0 Å². The van der Waals surface area contributed by atoms with Gasteiger partial charge < -0.3 is 4.57 Å². The number of hydrogen-bond acceptors (Lipinski definition) is 3. The summed E-state index contributed by atoms with van der Waals surface area (Å²) < 4.78 is 1.95. The van der Waals surface area contributed by atoms with Gasteiger partial charge in [0.15, 0.2) is 0 Å². The Labute approximate surface area is 144 Å². The molecule has 1 atom stereocenters. The molecule has 116 valence electrons. The lowest BCUT2D eigenvalue weighted by Crippen LogP contribution is -1.92. The summed E-state index contributed by atoms with van der Waals surface area (Å²) in [7, 11) is 0. The van der Waals surface area contributed by atoms with Crippen LogP contribution in [-0.2, 0) is 0 Å². The largest absolute Gasteiger partial charge is 0.306 e. The van der Waals surface area contributed by atoms with Gasteiger partial charge in [-0.25, -0.2) is 4.98 Å². The SMILES string of the molecule is CC(N=Nc1ccc(Cl)c(Cl)c1)c1ccc(-n2ccnc2)cc1. The van der Waals surface area contributed by atoms with Gasteiger partial charge in [-0.05, 0) is 42.8 Å².